The lowest BCUT2D eigenvalue weighted by atomic mass is 10.0. The van der Waals surface area contributed by atoms with Gasteiger partial charge in [0.1, 0.15) is 17.4 Å². The van der Waals surface area contributed by atoms with Crippen LogP contribution in [0.1, 0.15) is 23.8 Å². The maximum Gasteiger partial charge on any atom is 0.146 e. The highest BCUT2D eigenvalue weighted by Gasteiger charge is 2.20. The van der Waals surface area contributed by atoms with Gasteiger partial charge in [0, 0.05) is 6.42 Å². The van der Waals surface area contributed by atoms with Crippen molar-refractivity contribution in [2.45, 2.75) is 18.9 Å². The Balaban J connectivity index is 2.13. The minimum atomic E-state index is -1.20. The third kappa shape index (κ3) is 2.79. The number of aliphatic hydroxyl groups excluding tert-OH is 1. The van der Waals surface area contributed by atoms with Gasteiger partial charge in [-0.3, -0.25) is 0 Å². The number of aliphatic hydroxyl groups is 1. The number of aryl methyl sites for hydroxylation is 1. The minimum absolute atomic E-state index is 0.135. The summed E-state index contributed by atoms with van der Waals surface area (Å²) in [5, 5.41) is 9.86. The Labute approximate surface area is 111 Å². The average molecular weight is 317 g/mol. The zero-order chi connectivity index (χ0) is 13.1. The molecule has 1 heterocycles. The standard InChI is InChI=1S/C13H11BrF2O2/c14-9-4-5-10(15)12(13(9)16)11(17)6-3-8-2-1-7-18-8/h1-2,4-5,7,11,17H,3,6H2. The number of rotatable bonds is 4. The molecule has 1 N–H and O–H groups in total. The number of hydrogen-bond donors (Lipinski definition) is 1. The first-order valence-corrected chi connectivity index (χ1v) is 6.22. The van der Waals surface area contributed by atoms with Crippen molar-refractivity contribution in [2.24, 2.45) is 0 Å². The topological polar surface area (TPSA) is 33.4 Å². The summed E-state index contributed by atoms with van der Waals surface area (Å²) in [4.78, 5) is 0. The molecule has 0 bridgehead atoms. The molecule has 2 aromatic rings. The van der Waals surface area contributed by atoms with Gasteiger partial charge in [0.2, 0.25) is 0 Å². The van der Waals surface area contributed by atoms with Gasteiger partial charge in [-0.25, -0.2) is 8.78 Å². The van der Waals surface area contributed by atoms with Crippen LogP contribution in [0.3, 0.4) is 0 Å². The normalized spacial score (nSPS) is 12.7. The van der Waals surface area contributed by atoms with Crippen molar-refractivity contribution in [3.63, 3.8) is 0 Å². The highest BCUT2D eigenvalue weighted by Crippen LogP contribution is 2.29. The minimum Gasteiger partial charge on any atom is -0.469 e. The van der Waals surface area contributed by atoms with Crippen LogP contribution in [0.15, 0.2) is 39.4 Å². The molecule has 1 unspecified atom stereocenters. The molecule has 1 aromatic carbocycles. The van der Waals surface area contributed by atoms with E-state index in [2.05, 4.69) is 15.9 Å². The number of furan rings is 1. The van der Waals surface area contributed by atoms with E-state index in [4.69, 9.17) is 4.42 Å². The van der Waals surface area contributed by atoms with E-state index in [0.29, 0.717) is 12.2 Å². The van der Waals surface area contributed by atoms with Crippen molar-refractivity contribution in [3.05, 3.63) is 58.0 Å². The summed E-state index contributed by atoms with van der Waals surface area (Å²) >= 11 is 2.97. The van der Waals surface area contributed by atoms with E-state index in [9.17, 15) is 13.9 Å². The van der Waals surface area contributed by atoms with Crippen LogP contribution in [0.5, 0.6) is 0 Å². The van der Waals surface area contributed by atoms with Crippen molar-refractivity contribution in [1.29, 1.82) is 0 Å². The quantitative estimate of drug-likeness (QED) is 0.865. The Hall–Kier alpha value is -1.20. The lowest BCUT2D eigenvalue weighted by Gasteiger charge is -2.13. The molecule has 0 amide bonds. The van der Waals surface area contributed by atoms with E-state index < -0.39 is 17.7 Å². The van der Waals surface area contributed by atoms with Crippen molar-refractivity contribution in [3.8, 4) is 0 Å². The molecular formula is C13H11BrF2O2. The molecule has 0 aliphatic heterocycles. The van der Waals surface area contributed by atoms with Gasteiger partial charge in [-0.2, -0.15) is 0 Å². The first-order chi connectivity index (χ1) is 8.59. The average Bonchev–Trinajstić information content (AvgIpc) is 2.85. The molecule has 5 heteroatoms. The Morgan fingerprint density at radius 2 is 2.06 bits per heavy atom. The summed E-state index contributed by atoms with van der Waals surface area (Å²) in [7, 11) is 0. The molecule has 0 radical (unpaired) electrons. The molecule has 18 heavy (non-hydrogen) atoms. The molecule has 0 saturated heterocycles. The van der Waals surface area contributed by atoms with Crippen molar-refractivity contribution in [1.82, 2.24) is 0 Å². The monoisotopic (exact) mass is 316 g/mol. The smallest absolute Gasteiger partial charge is 0.146 e. The van der Waals surface area contributed by atoms with Crippen LogP contribution in [-0.2, 0) is 6.42 Å². The highest BCUT2D eigenvalue weighted by atomic mass is 79.9. The molecule has 1 aromatic heterocycles. The third-order valence-corrected chi connectivity index (χ3v) is 3.27. The molecule has 96 valence electrons. The van der Waals surface area contributed by atoms with E-state index in [1.54, 1.807) is 12.1 Å². The summed E-state index contributed by atoms with van der Waals surface area (Å²) < 4.78 is 32.4. The molecule has 2 nitrogen and oxygen atoms in total. The van der Waals surface area contributed by atoms with E-state index in [-0.39, 0.29) is 16.5 Å². The zero-order valence-electron chi connectivity index (χ0n) is 9.37. The third-order valence-electron chi connectivity index (χ3n) is 2.66. The van der Waals surface area contributed by atoms with Crippen LogP contribution in [0.4, 0.5) is 8.78 Å². The maximum atomic E-state index is 13.7. The van der Waals surface area contributed by atoms with E-state index in [0.717, 1.165) is 6.07 Å². The van der Waals surface area contributed by atoms with Crippen molar-refractivity contribution >= 4 is 15.9 Å². The molecular weight excluding hydrogens is 306 g/mol. The van der Waals surface area contributed by atoms with Gasteiger partial charge >= 0.3 is 0 Å². The summed E-state index contributed by atoms with van der Waals surface area (Å²) in [6.07, 6.45) is 0.923. The summed E-state index contributed by atoms with van der Waals surface area (Å²) in [5.74, 6) is -0.838. The first kappa shape index (κ1) is 13.2. The number of hydrogen-bond acceptors (Lipinski definition) is 2. The Morgan fingerprint density at radius 3 is 2.72 bits per heavy atom. The maximum absolute atomic E-state index is 13.7. The molecule has 2 rings (SSSR count). The fourth-order valence-corrected chi connectivity index (χ4v) is 2.07. The van der Waals surface area contributed by atoms with Gasteiger partial charge in [-0.1, -0.05) is 0 Å². The van der Waals surface area contributed by atoms with E-state index in [1.807, 2.05) is 0 Å². The van der Waals surface area contributed by atoms with E-state index in [1.165, 1.54) is 12.3 Å². The van der Waals surface area contributed by atoms with Crippen LogP contribution < -0.4 is 0 Å². The second-order valence-electron chi connectivity index (χ2n) is 3.89. The first-order valence-electron chi connectivity index (χ1n) is 5.43. The fourth-order valence-electron chi connectivity index (χ4n) is 1.73. The highest BCUT2D eigenvalue weighted by molar-refractivity contribution is 9.10. The lowest BCUT2D eigenvalue weighted by molar-refractivity contribution is 0.155. The van der Waals surface area contributed by atoms with Crippen LogP contribution >= 0.6 is 15.9 Å². The summed E-state index contributed by atoms with van der Waals surface area (Å²) in [5.41, 5.74) is -0.309. The summed E-state index contributed by atoms with van der Waals surface area (Å²) in [6.45, 7) is 0. The second kappa shape index (κ2) is 5.63. The fraction of sp³-hybridized carbons (Fsp3) is 0.231. The summed E-state index contributed by atoms with van der Waals surface area (Å²) in [6, 6.07) is 5.87. The van der Waals surface area contributed by atoms with Crippen LogP contribution in [0.2, 0.25) is 0 Å². The molecule has 0 aliphatic carbocycles. The van der Waals surface area contributed by atoms with Crippen molar-refractivity contribution < 1.29 is 18.3 Å². The molecule has 0 saturated carbocycles. The molecule has 0 spiro atoms. The van der Waals surface area contributed by atoms with Gasteiger partial charge in [0.05, 0.1) is 22.4 Å². The largest absolute Gasteiger partial charge is 0.469 e. The second-order valence-corrected chi connectivity index (χ2v) is 4.75. The number of benzene rings is 1. The van der Waals surface area contributed by atoms with Gasteiger partial charge in [-0.15, -0.1) is 0 Å². The predicted molar refractivity (Wildman–Crippen MR) is 66.0 cm³/mol. The SMILES string of the molecule is OC(CCc1ccco1)c1c(F)ccc(Br)c1F. The molecule has 1 atom stereocenters. The molecule has 0 aliphatic rings. The van der Waals surface area contributed by atoms with Gasteiger partial charge < -0.3 is 9.52 Å². The van der Waals surface area contributed by atoms with Crippen LogP contribution in [0.25, 0.3) is 0 Å². The zero-order valence-corrected chi connectivity index (χ0v) is 11.0. The van der Waals surface area contributed by atoms with Gasteiger partial charge in [0.15, 0.2) is 0 Å². The van der Waals surface area contributed by atoms with E-state index >= 15 is 0 Å². The Morgan fingerprint density at radius 1 is 1.28 bits per heavy atom. The Bertz CT molecular complexity index is 526. The van der Waals surface area contributed by atoms with Crippen molar-refractivity contribution in [2.75, 3.05) is 0 Å². The predicted octanol–water partition coefficient (Wildman–Crippen LogP) is 3.99. The lowest BCUT2D eigenvalue weighted by Crippen LogP contribution is -2.06. The van der Waals surface area contributed by atoms with Gasteiger partial charge in [0.25, 0.3) is 0 Å². The van der Waals surface area contributed by atoms with Crippen LogP contribution in [-0.4, -0.2) is 5.11 Å². The number of halogens is 3. The molecule has 0 fully saturated rings. The van der Waals surface area contributed by atoms with Crippen LogP contribution in [0, 0.1) is 11.6 Å². The Kier molecular flexibility index (Phi) is 4.14. The van der Waals surface area contributed by atoms with Gasteiger partial charge in [-0.05, 0) is 46.6 Å².